The zero-order valence-electron chi connectivity index (χ0n) is 14.7. The zero-order valence-corrected chi connectivity index (χ0v) is 14.7. The summed E-state index contributed by atoms with van der Waals surface area (Å²) in [6, 6.07) is 16.4. The number of hydrogen-bond donors (Lipinski definition) is 1. The maximum atomic E-state index is 12.6. The summed E-state index contributed by atoms with van der Waals surface area (Å²) in [5, 5.41) is 3.63. The topological polar surface area (TPSA) is 68.3 Å². The minimum atomic E-state index is -0.763. The SMILES string of the molecule is COC(=O)[C@H](Cc1cccc(C)c1)NC(=O)c1cnc2ccccc2c1. The van der Waals surface area contributed by atoms with Crippen molar-refractivity contribution in [3.63, 3.8) is 0 Å². The molecule has 1 atom stereocenters. The van der Waals surface area contributed by atoms with Crippen LogP contribution in [-0.4, -0.2) is 30.0 Å². The summed E-state index contributed by atoms with van der Waals surface area (Å²) in [5.74, 6) is -0.833. The summed E-state index contributed by atoms with van der Waals surface area (Å²) >= 11 is 0. The van der Waals surface area contributed by atoms with Gasteiger partial charge in [-0.3, -0.25) is 9.78 Å². The van der Waals surface area contributed by atoms with Crippen molar-refractivity contribution in [2.75, 3.05) is 7.11 Å². The third kappa shape index (κ3) is 4.06. The van der Waals surface area contributed by atoms with E-state index in [4.69, 9.17) is 4.74 Å². The van der Waals surface area contributed by atoms with Crippen molar-refractivity contribution in [3.8, 4) is 0 Å². The van der Waals surface area contributed by atoms with E-state index in [1.165, 1.54) is 13.3 Å². The van der Waals surface area contributed by atoms with Gasteiger partial charge in [0.15, 0.2) is 0 Å². The summed E-state index contributed by atoms with van der Waals surface area (Å²) in [6.45, 7) is 1.98. The van der Waals surface area contributed by atoms with Crippen LogP contribution in [0.5, 0.6) is 0 Å². The number of para-hydroxylation sites is 1. The maximum Gasteiger partial charge on any atom is 0.328 e. The summed E-state index contributed by atoms with van der Waals surface area (Å²) in [4.78, 5) is 29.0. The highest BCUT2D eigenvalue weighted by Crippen LogP contribution is 2.13. The molecule has 0 aliphatic rings. The van der Waals surface area contributed by atoms with Crippen LogP contribution in [0.25, 0.3) is 10.9 Å². The lowest BCUT2D eigenvalue weighted by Crippen LogP contribution is -2.43. The van der Waals surface area contributed by atoms with Gasteiger partial charge in [-0.25, -0.2) is 4.79 Å². The molecular weight excluding hydrogens is 328 g/mol. The summed E-state index contributed by atoms with van der Waals surface area (Å²) in [6.07, 6.45) is 1.87. The predicted molar refractivity (Wildman–Crippen MR) is 99.9 cm³/mol. The minimum absolute atomic E-state index is 0.355. The molecule has 0 spiro atoms. The molecule has 3 aromatic rings. The molecular formula is C21H20N2O3. The number of amides is 1. The van der Waals surface area contributed by atoms with Crippen molar-refractivity contribution in [2.24, 2.45) is 0 Å². The molecule has 1 N–H and O–H groups in total. The number of carbonyl (C=O) groups is 2. The second-order valence-corrected chi connectivity index (χ2v) is 6.16. The van der Waals surface area contributed by atoms with Crippen molar-refractivity contribution in [3.05, 3.63) is 77.5 Å². The van der Waals surface area contributed by atoms with Crippen LogP contribution in [-0.2, 0) is 16.0 Å². The highest BCUT2D eigenvalue weighted by atomic mass is 16.5. The van der Waals surface area contributed by atoms with Crippen molar-refractivity contribution in [1.82, 2.24) is 10.3 Å². The van der Waals surface area contributed by atoms with E-state index in [1.807, 2.05) is 55.5 Å². The standard InChI is InChI=1S/C21H20N2O3/c1-14-6-5-7-15(10-14)11-19(21(25)26-2)23-20(24)17-12-16-8-3-4-9-18(16)22-13-17/h3-10,12-13,19H,11H2,1-2H3,(H,23,24)/t19-/m0/s1. The van der Waals surface area contributed by atoms with Gasteiger partial charge in [0.25, 0.3) is 5.91 Å². The molecule has 0 saturated heterocycles. The molecule has 1 heterocycles. The largest absolute Gasteiger partial charge is 0.467 e. The summed E-state index contributed by atoms with van der Waals surface area (Å²) < 4.78 is 4.85. The number of nitrogens with one attached hydrogen (secondary N) is 1. The minimum Gasteiger partial charge on any atom is -0.467 e. The lowest BCUT2D eigenvalue weighted by molar-refractivity contribution is -0.142. The van der Waals surface area contributed by atoms with Crippen molar-refractivity contribution in [2.45, 2.75) is 19.4 Å². The molecule has 2 aromatic carbocycles. The number of hydrogen-bond acceptors (Lipinski definition) is 4. The third-order valence-electron chi connectivity index (χ3n) is 4.17. The average molecular weight is 348 g/mol. The van der Waals surface area contributed by atoms with Gasteiger partial charge >= 0.3 is 5.97 Å². The van der Waals surface area contributed by atoms with Crippen LogP contribution >= 0.6 is 0 Å². The monoisotopic (exact) mass is 348 g/mol. The number of ether oxygens (including phenoxy) is 1. The molecule has 0 radical (unpaired) electrons. The molecule has 3 rings (SSSR count). The molecule has 1 amide bonds. The summed E-state index contributed by atoms with van der Waals surface area (Å²) in [7, 11) is 1.31. The fourth-order valence-corrected chi connectivity index (χ4v) is 2.85. The van der Waals surface area contributed by atoms with Gasteiger partial charge in [0, 0.05) is 18.0 Å². The van der Waals surface area contributed by atoms with Crippen LogP contribution in [0, 0.1) is 6.92 Å². The van der Waals surface area contributed by atoms with Gasteiger partial charge in [0.2, 0.25) is 0 Å². The van der Waals surface area contributed by atoms with E-state index < -0.39 is 12.0 Å². The highest BCUT2D eigenvalue weighted by Gasteiger charge is 2.23. The van der Waals surface area contributed by atoms with Crippen LogP contribution in [0.15, 0.2) is 60.8 Å². The molecule has 0 unspecified atom stereocenters. The number of fused-ring (bicyclic) bond motifs is 1. The molecule has 5 nitrogen and oxygen atoms in total. The molecule has 26 heavy (non-hydrogen) atoms. The predicted octanol–water partition coefficient (Wildman–Crippen LogP) is 3.06. The molecule has 0 saturated carbocycles. The Labute approximate surface area is 152 Å². The van der Waals surface area contributed by atoms with Gasteiger partial charge in [-0.05, 0) is 24.6 Å². The Morgan fingerprint density at radius 2 is 1.92 bits per heavy atom. The van der Waals surface area contributed by atoms with Gasteiger partial charge in [-0.15, -0.1) is 0 Å². The molecule has 1 aromatic heterocycles. The van der Waals surface area contributed by atoms with E-state index in [9.17, 15) is 9.59 Å². The first kappa shape index (κ1) is 17.6. The quantitative estimate of drug-likeness (QED) is 0.720. The highest BCUT2D eigenvalue weighted by molar-refractivity contribution is 5.99. The zero-order chi connectivity index (χ0) is 18.5. The van der Waals surface area contributed by atoms with Crippen molar-refractivity contribution < 1.29 is 14.3 Å². The number of aryl methyl sites for hydroxylation is 1. The number of benzene rings is 2. The molecule has 0 aliphatic heterocycles. The molecule has 5 heteroatoms. The van der Waals surface area contributed by atoms with Gasteiger partial charge in [-0.2, -0.15) is 0 Å². The second-order valence-electron chi connectivity index (χ2n) is 6.16. The lowest BCUT2D eigenvalue weighted by atomic mass is 10.0. The normalized spacial score (nSPS) is 11.8. The van der Waals surface area contributed by atoms with E-state index in [2.05, 4.69) is 10.3 Å². The first-order valence-corrected chi connectivity index (χ1v) is 8.36. The average Bonchev–Trinajstić information content (AvgIpc) is 2.66. The number of esters is 1. The lowest BCUT2D eigenvalue weighted by Gasteiger charge is -2.17. The van der Waals surface area contributed by atoms with E-state index in [0.717, 1.165) is 22.0 Å². The first-order chi connectivity index (χ1) is 12.6. The fraction of sp³-hybridized carbons (Fsp3) is 0.190. The Balaban J connectivity index is 1.80. The number of rotatable bonds is 5. The van der Waals surface area contributed by atoms with Gasteiger partial charge in [-0.1, -0.05) is 48.0 Å². The Kier molecular flexibility index (Phi) is 5.27. The van der Waals surface area contributed by atoms with Crippen LogP contribution in [0.3, 0.4) is 0 Å². The van der Waals surface area contributed by atoms with Crippen LogP contribution < -0.4 is 5.32 Å². The molecule has 132 valence electrons. The van der Waals surface area contributed by atoms with Crippen molar-refractivity contribution >= 4 is 22.8 Å². The van der Waals surface area contributed by atoms with Crippen LogP contribution in [0.4, 0.5) is 0 Å². The fourth-order valence-electron chi connectivity index (χ4n) is 2.85. The first-order valence-electron chi connectivity index (χ1n) is 8.36. The van der Waals surface area contributed by atoms with E-state index in [1.54, 1.807) is 6.07 Å². The smallest absolute Gasteiger partial charge is 0.328 e. The molecule has 0 fully saturated rings. The Morgan fingerprint density at radius 3 is 2.69 bits per heavy atom. The number of nitrogens with zero attached hydrogens (tertiary/aromatic N) is 1. The van der Waals surface area contributed by atoms with E-state index >= 15 is 0 Å². The molecule has 0 bridgehead atoms. The Bertz CT molecular complexity index is 953. The third-order valence-corrected chi connectivity index (χ3v) is 4.17. The number of aromatic nitrogens is 1. The second kappa shape index (κ2) is 7.78. The van der Waals surface area contributed by atoms with Gasteiger partial charge in [0.05, 0.1) is 18.2 Å². The van der Waals surface area contributed by atoms with Crippen LogP contribution in [0.2, 0.25) is 0 Å². The van der Waals surface area contributed by atoms with Crippen molar-refractivity contribution in [1.29, 1.82) is 0 Å². The van der Waals surface area contributed by atoms with E-state index in [-0.39, 0.29) is 5.91 Å². The van der Waals surface area contributed by atoms with Gasteiger partial charge < -0.3 is 10.1 Å². The number of methoxy groups -OCH3 is 1. The molecule has 0 aliphatic carbocycles. The van der Waals surface area contributed by atoms with Crippen LogP contribution in [0.1, 0.15) is 21.5 Å². The maximum absolute atomic E-state index is 12.6. The Hall–Kier alpha value is -3.21. The van der Waals surface area contributed by atoms with E-state index in [0.29, 0.717) is 12.0 Å². The number of carbonyl (C=O) groups excluding carboxylic acids is 2. The van der Waals surface area contributed by atoms with Gasteiger partial charge in [0.1, 0.15) is 6.04 Å². The Morgan fingerprint density at radius 1 is 1.12 bits per heavy atom. The number of pyridine rings is 1. The summed E-state index contributed by atoms with van der Waals surface area (Å²) in [5.41, 5.74) is 3.27.